The minimum Gasteiger partial charge on any atom is -0.378 e. The monoisotopic (exact) mass is 419 g/mol. The molecule has 4 aliphatic rings. The topological polar surface area (TPSA) is 61.8 Å². The van der Waals surface area contributed by atoms with E-state index in [1.165, 1.54) is 11.3 Å². The Morgan fingerprint density at radius 3 is 2.55 bits per heavy atom. The van der Waals surface area contributed by atoms with E-state index in [0.29, 0.717) is 25.0 Å². The molecule has 0 radical (unpaired) electrons. The smallest absolute Gasteiger partial charge is 0.227 e. The summed E-state index contributed by atoms with van der Waals surface area (Å²) in [5.74, 6) is 2.80. The number of aromatic nitrogens is 2. The molecule has 2 saturated heterocycles. The Balaban J connectivity index is 1.36. The zero-order valence-corrected chi connectivity index (χ0v) is 17.9. The number of carbonyl (C=O) groups is 1. The van der Waals surface area contributed by atoms with Crippen molar-refractivity contribution in [2.45, 2.75) is 31.6 Å². The average Bonchev–Trinajstić information content (AvgIpc) is 3.40. The van der Waals surface area contributed by atoms with E-state index in [2.05, 4.69) is 45.0 Å². The Labute approximate surface area is 183 Å². The van der Waals surface area contributed by atoms with E-state index in [9.17, 15) is 4.79 Å². The summed E-state index contributed by atoms with van der Waals surface area (Å²) in [5, 5.41) is 0. The molecule has 2 aromatic rings. The third-order valence-corrected chi connectivity index (χ3v) is 7.02. The molecule has 4 heterocycles. The lowest BCUT2D eigenvalue weighted by molar-refractivity contribution is -0.131. The first-order valence-electron chi connectivity index (χ1n) is 11.6. The largest absolute Gasteiger partial charge is 0.378 e. The molecule has 1 aliphatic carbocycles. The SMILES string of the molecule is O=C(C1CC1)N1CCC(c2nc(N3CCOCC3)nc3c2CCN3c2ccccc2)C1. The van der Waals surface area contributed by atoms with Crippen molar-refractivity contribution < 1.29 is 9.53 Å². The molecule has 1 aromatic carbocycles. The molecule has 7 heteroatoms. The van der Waals surface area contributed by atoms with Gasteiger partial charge < -0.3 is 19.4 Å². The quantitative estimate of drug-likeness (QED) is 0.760. The van der Waals surface area contributed by atoms with Crippen molar-refractivity contribution in [2.24, 2.45) is 5.92 Å². The third-order valence-electron chi connectivity index (χ3n) is 7.02. The number of rotatable bonds is 4. The third kappa shape index (κ3) is 3.55. The first kappa shape index (κ1) is 19.0. The van der Waals surface area contributed by atoms with Crippen molar-refractivity contribution in [3.8, 4) is 0 Å². The summed E-state index contributed by atoms with van der Waals surface area (Å²) in [6, 6.07) is 10.5. The average molecular weight is 420 g/mol. The van der Waals surface area contributed by atoms with Crippen LogP contribution in [0.2, 0.25) is 0 Å². The van der Waals surface area contributed by atoms with Crippen LogP contribution in [-0.4, -0.2) is 66.7 Å². The van der Waals surface area contributed by atoms with Crippen LogP contribution < -0.4 is 9.80 Å². The molecule has 3 fully saturated rings. The van der Waals surface area contributed by atoms with Gasteiger partial charge in [-0.1, -0.05) is 18.2 Å². The van der Waals surface area contributed by atoms with E-state index in [-0.39, 0.29) is 5.92 Å². The summed E-state index contributed by atoms with van der Waals surface area (Å²) >= 11 is 0. The van der Waals surface area contributed by atoms with Crippen molar-refractivity contribution in [3.63, 3.8) is 0 Å². The molecule has 3 aliphatic heterocycles. The number of hydrogen-bond donors (Lipinski definition) is 0. The normalized spacial score (nSPS) is 23.4. The van der Waals surface area contributed by atoms with E-state index in [1.807, 2.05) is 0 Å². The highest BCUT2D eigenvalue weighted by Crippen LogP contribution is 2.41. The Bertz CT molecular complexity index is 971. The Morgan fingerprint density at radius 2 is 1.77 bits per heavy atom. The van der Waals surface area contributed by atoms with Crippen LogP contribution in [0, 0.1) is 5.92 Å². The number of hydrogen-bond acceptors (Lipinski definition) is 6. The number of morpholine rings is 1. The van der Waals surface area contributed by atoms with Crippen LogP contribution in [0.1, 0.15) is 36.4 Å². The maximum Gasteiger partial charge on any atom is 0.227 e. The second kappa shape index (κ2) is 7.79. The van der Waals surface area contributed by atoms with Gasteiger partial charge >= 0.3 is 0 Å². The zero-order valence-electron chi connectivity index (χ0n) is 17.9. The number of benzene rings is 1. The molecule has 0 spiro atoms. The van der Waals surface area contributed by atoms with E-state index in [4.69, 9.17) is 14.7 Å². The highest BCUT2D eigenvalue weighted by molar-refractivity contribution is 5.81. The summed E-state index contributed by atoms with van der Waals surface area (Å²) in [5.41, 5.74) is 3.61. The van der Waals surface area contributed by atoms with Crippen LogP contribution in [-0.2, 0) is 16.0 Å². The van der Waals surface area contributed by atoms with Gasteiger partial charge in [-0.25, -0.2) is 4.98 Å². The van der Waals surface area contributed by atoms with Crippen LogP contribution in [0.4, 0.5) is 17.5 Å². The Kier molecular flexibility index (Phi) is 4.78. The van der Waals surface area contributed by atoms with Gasteiger partial charge in [0, 0.05) is 55.8 Å². The van der Waals surface area contributed by atoms with E-state index < -0.39 is 0 Å². The summed E-state index contributed by atoms with van der Waals surface area (Å²) in [6.07, 6.45) is 4.08. The number of nitrogens with zero attached hydrogens (tertiary/aromatic N) is 5. The van der Waals surface area contributed by atoms with Gasteiger partial charge in [0.05, 0.1) is 18.9 Å². The maximum absolute atomic E-state index is 12.6. The van der Waals surface area contributed by atoms with Gasteiger partial charge in [0.1, 0.15) is 5.82 Å². The molecule has 0 bridgehead atoms. The zero-order chi connectivity index (χ0) is 20.8. The van der Waals surface area contributed by atoms with Crippen LogP contribution in [0.5, 0.6) is 0 Å². The van der Waals surface area contributed by atoms with Gasteiger partial charge in [-0.15, -0.1) is 0 Å². The maximum atomic E-state index is 12.6. The number of ether oxygens (including phenoxy) is 1. The van der Waals surface area contributed by atoms with Crippen molar-refractivity contribution in [1.82, 2.24) is 14.9 Å². The molecule has 1 amide bonds. The van der Waals surface area contributed by atoms with Gasteiger partial charge in [-0.3, -0.25) is 4.79 Å². The van der Waals surface area contributed by atoms with Crippen molar-refractivity contribution in [3.05, 3.63) is 41.6 Å². The van der Waals surface area contributed by atoms with Crippen LogP contribution in [0.15, 0.2) is 30.3 Å². The lowest BCUT2D eigenvalue weighted by Crippen LogP contribution is -2.38. The number of fused-ring (bicyclic) bond motifs is 1. The predicted octanol–water partition coefficient (Wildman–Crippen LogP) is 2.73. The number of carbonyl (C=O) groups excluding carboxylic acids is 1. The fraction of sp³-hybridized carbons (Fsp3) is 0.542. The summed E-state index contributed by atoms with van der Waals surface area (Å²) in [6.45, 7) is 5.64. The fourth-order valence-electron chi connectivity index (χ4n) is 5.14. The van der Waals surface area contributed by atoms with Gasteiger partial charge in [-0.05, 0) is 37.8 Å². The molecule has 0 N–H and O–H groups in total. The van der Waals surface area contributed by atoms with Crippen molar-refractivity contribution >= 4 is 23.4 Å². The Morgan fingerprint density at radius 1 is 0.968 bits per heavy atom. The van der Waals surface area contributed by atoms with Crippen LogP contribution in [0.25, 0.3) is 0 Å². The molecular weight excluding hydrogens is 390 g/mol. The first-order chi connectivity index (χ1) is 15.3. The van der Waals surface area contributed by atoms with E-state index in [1.54, 1.807) is 0 Å². The van der Waals surface area contributed by atoms with Crippen molar-refractivity contribution in [2.75, 3.05) is 55.7 Å². The first-order valence-corrected chi connectivity index (χ1v) is 11.6. The number of anilines is 3. The van der Waals surface area contributed by atoms with Gasteiger partial charge in [0.2, 0.25) is 11.9 Å². The molecule has 1 atom stereocenters. The summed E-state index contributed by atoms with van der Waals surface area (Å²) in [7, 11) is 0. The lowest BCUT2D eigenvalue weighted by atomic mass is 9.99. The second-order valence-corrected chi connectivity index (χ2v) is 9.09. The lowest BCUT2D eigenvalue weighted by Gasteiger charge is -2.29. The van der Waals surface area contributed by atoms with Gasteiger partial charge in [-0.2, -0.15) is 4.98 Å². The number of likely N-dealkylation sites (tertiary alicyclic amines) is 1. The van der Waals surface area contributed by atoms with Crippen molar-refractivity contribution in [1.29, 1.82) is 0 Å². The molecule has 1 unspecified atom stereocenters. The molecule has 31 heavy (non-hydrogen) atoms. The highest BCUT2D eigenvalue weighted by Gasteiger charge is 2.39. The molecule has 1 aromatic heterocycles. The molecule has 6 rings (SSSR count). The second-order valence-electron chi connectivity index (χ2n) is 9.09. The minimum atomic E-state index is 0.285. The molecule has 1 saturated carbocycles. The molecule has 7 nitrogen and oxygen atoms in total. The summed E-state index contributed by atoms with van der Waals surface area (Å²) in [4.78, 5) is 29.5. The number of amides is 1. The Hall–Kier alpha value is -2.67. The van der Waals surface area contributed by atoms with Crippen LogP contribution >= 0.6 is 0 Å². The highest BCUT2D eigenvalue weighted by atomic mass is 16.5. The summed E-state index contributed by atoms with van der Waals surface area (Å²) < 4.78 is 5.55. The minimum absolute atomic E-state index is 0.285. The van der Waals surface area contributed by atoms with Gasteiger partial charge in [0.25, 0.3) is 0 Å². The number of para-hydroxylation sites is 1. The standard InChI is InChI=1S/C24H29N5O2/c30-23(17-6-7-17)28-10-8-18(16-28)21-20-9-11-29(19-4-2-1-3-5-19)22(20)26-24(25-21)27-12-14-31-15-13-27/h1-5,17-18H,6-16H2. The predicted molar refractivity (Wildman–Crippen MR) is 119 cm³/mol. The van der Waals surface area contributed by atoms with E-state index in [0.717, 1.165) is 75.9 Å². The van der Waals surface area contributed by atoms with E-state index >= 15 is 0 Å². The van der Waals surface area contributed by atoms with Gasteiger partial charge in [0.15, 0.2) is 0 Å². The fourth-order valence-corrected chi connectivity index (χ4v) is 5.14. The van der Waals surface area contributed by atoms with Crippen LogP contribution in [0.3, 0.4) is 0 Å². The molecule has 162 valence electrons. The molecular formula is C24H29N5O2.